The summed E-state index contributed by atoms with van der Waals surface area (Å²) in [5.41, 5.74) is 0.750. The zero-order valence-corrected chi connectivity index (χ0v) is 14.1. The van der Waals surface area contributed by atoms with E-state index in [1.807, 2.05) is 0 Å². The molecule has 0 aromatic carbocycles. The van der Waals surface area contributed by atoms with Gasteiger partial charge in [-0.3, -0.25) is 0 Å². The van der Waals surface area contributed by atoms with Crippen LogP contribution in [0, 0.1) is 40.9 Å². The van der Waals surface area contributed by atoms with Crippen LogP contribution in [-0.4, -0.2) is 0 Å². The minimum atomic E-state index is 0. The summed E-state index contributed by atoms with van der Waals surface area (Å²) >= 11 is 0. The highest BCUT2D eigenvalue weighted by Gasteiger charge is 2.47. The Morgan fingerprint density at radius 1 is 0.619 bits per heavy atom. The van der Waals surface area contributed by atoms with Gasteiger partial charge in [0.25, 0.3) is 0 Å². The second-order valence-electron chi connectivity index (χ2n) is 8.09. The van der Waals surface area contributed by atoms with Crippen molar-refractivity contribution in [2.45, 2.75) is 96.9 Å². The van der Waals surface area contributed by atoms with E-state index in [4.69, 9.17) is 0 Å². The van der Waals surface area contributed by atoms with Crippen LogP contribution in [0.2, 0.25) is 0 Å². The van der Waals surface area contributed by atoms with Crippen molar-refractivity contribution >= 4 is 0 Å². The van der Waals surface area contributed by atoms with E-state index in [-0.39, 0.29) is 22.3 Å². The summed E-state index contributed by atoms with van der Waals surface area (Å²) in [4.78, 5) is 0. The van der Waals surface area contributed by atoms with Crippen LogP contribution in [0.5, 0.6) is 0 Å². The molecule has 132 valence electrons. The third-order valence-corrected chi connectivity index (χ3v) is 5.73. The zero-order valence-electron chi connectivity index (χ0n) is 14.1. The summed E-state index contributed by atoms with van der Waals surface area (Å²) in [6.07, 6.45) is 4.44. The van der Waals surface area contributed by atoms with Gasteiger partial charge in [0.1, 0.15) is 0 Å². The van der Waals surface area contributed by atoms with Crippen molar-refractivity contribution in [3.63, 3.8) is 0 Å². The van der Waals surface area contributed by atoms with Crippen molar-refractivity contribution in [2.24, 2.45) is 40.9 Å². The molecule has 0 heteroatoms. The lowest BCUT2D eigenvalue weighted by atomic mass is 9.82. The topological polar surface area (TPSA) is 0 Å². The minimum Gasteiger partial charge on any atom is -0.0776 e. The summed E-state index contributed by atoms with van der Waals surface area (Å²) in [5, 5.41) is 0. The zero-order chi connectivity index (χ0) is 14.1. The van der Waals surface area contributed by atoms with Gasteiger partial charge in [0.15, 0.2) is 0 Å². The molecule has 2 aliphatic rings. The Labute approximate surface area is 138 Å². The highest BCUT2D eigenvalue weighted by molar-refractivity contribution is 4.97. The second kappa shape index (κ2) is 9.90. The van der Waals surface area contributed by atoms with Gasteiger partial charge in [0, 0.05) is 0 Å². The number of hydrogen-bond acceptors (Lipinski definition) is 0. The molecule has 0 bridgehead atoms. The van der Waals surface area contributed by atoms with E-state index in [0.717, 1.165) is 40.9 Å². The van der Waals surface area contributed by atoms with Crippen LogP contribution in [0.3, 0.4) is 0 Å². The fourth-order valence-corrected chi connectivity index (χ4v) is 3.73. The number of rotatable bonds is 4. The fraction of sp³-hybridized carbons (Fsp3) is 1.00. The van der Waals surface area contributed by atoms with Gasteiger partial charge >= 0.3 is 0 Å². The molecule has 0 nitrogen and oxygen atoms in total. The lowest BCUT2D eigenvalue weighted by Crippen LogP contribution is -2.16. The Balaban J connectivity index is -0.000000270. The lowest BCUT2D eigenvalue weighted by molar-refractivity contribution is 0.260. The van der Waals surface area contributed by atoms with Crippen molar-refractivity contribution in [3.05, 3.63) is 0 Å². The first-order valence-corrected chi connectivity index (χ1v) is 8.22. The van der Waals surface area contributed by atoms with Crippen molar-refractivity contribution in [1.82, 2.24) is 0 Å². The van der Waals surface area contributed by atoms with Crippen molar-refractivity contribution in [1.29, 1.82) is 0 Å². The smallest absolute Gasteiger partial charge is 0.0251 e. The normalized spacial score (nSPS) is 24.6. The van der Waals surface area contributed by atoms with Crippen molar-refractivity contribution in [2.75, 3.05) is 0 Å². The molecule has 0 saturated heterocycles. The van der Waals surface area contributed by atoms with E-state index in [0.29, 0.717) is 0 Å². The maximum Gasteiger partial charge on any atom is -0.0251 e. The van der Waals surface area contributed by atoms with E-state index in [9.17, 15) is 0 Å². The highest BCUT2D eigenvalue weighted by Crippen LogP contribution is 2.57. The Morgan fingerprint density at radius 3 is 0.952 bits per heavy atom. The molecule has 2 saturated carbocycles. The summed E-state index contributed by atoms with van der Waals surface area (Å²) in [6, 6.07) is 0. The van der Waals surface area contributed by atoms with E-state index < -0.39 is 0 Å². The lowest BCUT2D eigenvalue weighted by Gasteiger charge is -2.23. The van der Waals surface area contributed by atoms with Gasteiger partial charge in [0.05, 0.1) is 0 Å². The quantitative estimate of drug-likeness (QED) is 0.494. The molecule has 0 aliphatic heterocycles. The Morgan fingerprint density at radius 2 is 0.905 bits per heavy atom. The van der Waals surface area contributed by atoms with Crippen LogP contribution >= 0.6 is 0 Å². The first kappa shape index (κ1) is 25.9. The van der Waals surface area contributed by atoms with Gasteiger partial charge in [-0.2, -0.15) is 0 Å². The third kappa shape index (κ3) is 6.74. The maximum atomic E-state index is 2.35. The van der Waals surface area contributed by atoms with Crippen LogP contribution in [0.15, 0.2) is 0 Å². The summed E-state index contributed by atoms with van der Waals surface area (Å²) < 4.78 is 0. The van der Waals surface area contributed by atoms with E-state index >= 15 is 0 Å². The standard InChI is InChI=1S/2C9H18.3CH4/c1-7(2)9(5-6-9)8(3)4;1-6(2)8-5-9(8)7(3)4;;;/h7-8H,5-6H2,1-4H3;6-9H,5H2,1-4H3;3*1H4. The third-order valence-electron chi connectivity index (χ3n) is 5.73. The Hall–Kier alpha value is 0. The van der Waals surface area contributed by atoms with E-state index in [2.05, 4.69) is 55.4 Å². The number of hydrogen-bond donors (Lipinski definition) is 0. The molecule has 2 fully saturated rings. The summed E-state index contributed by atoms with van der Waals surface area (Å²) in [7, 11) is 0. The molecular formula is C21H48. The molecule has 0 aromatic rings. The molecule has 2 rings (SSSR count). The van der Waals surface area contributed by atoms with Crippen LogP contribution in [0.4, 0.5) is 0 Å². The van der Waals surface area contributed by atoms with Gasteiger partial charge in [-0.25, -0.2) is 0 Å². The molecule has 0 spiro atoms. The van der Waals surface area contributed by atoms with Gasteiger partial charge in [-0.1, -0.05) is 77.7 Å². The first-order valence-electron chi connectivity index (χ1n) is 8.22. The molecule has 21 heavy (non-hydrogen) atoms. The van der Waals surface area contributed by atoms with E-state index in [1.165, 1.54) is 19.3 Å². The molecule has 2 atom stereocenters. The molecule has 2 unspecified atom stereocenters. The summed E-state index contributed by atoms with van der Waals surface area (Å²) in [5.74, 6) is 5.78. The predicted molar refractivity (Wildman–Crippen MR) is 103 cm³/mol. The fourth-order valence-electron chi connectivity index (χ4n) is 3.73. The largest absolute Gasteiger partial charge is 0.0776 e. The van der Waals surface area contributed by atoms with Gasteiger partial charge in [0.2, 0.25) is 0 Å². The van der Waals surface area contributed by atoms with E-state index in [1.54, 1.807) is 0 Å². The molecule has 2 aliphatic carbocycles. The van der Waals surface area contributed by atoms with Gasteiger partial charge in [-0.05, 0) is 60.2 Å². The second-order valence-corrected chi connectivity index (χ2v) is 8.09. The Kier molecular flexibility index (Phi) is 12.2. The Bertz CT molecular complexity index is 221. The molecule has 0 heterocycles. The highest BCUT2D eigenvalue weighted by atomic mass is 14.5. The van der Waals surface area contributed by atoms with Crippen LogP contribution in [0.25, 0.3) is 0 Å². The minimum absolute atomic E-state index is 0. The van der Waals surface area contributed by atoms with Crippen molar-refractivity contribution < 1.29 is 0 Å². The average Bonchev–Trinajstić information content (AvgIpc) is 3.12. The van der Waals surface area contributed by atoms with Crippen LogP contribution in [-0.2, 0) is 0 Å². The predicted octanol–water partition coefficient (Wildman–Crippen LogP) is 7.92. The monoisotopic (exact) mass is 300 g/mol. The van der Waals surface area contributed by atoms with Crippen LogP contribution < -0.4 is 0 Å². The molecule has 0 radical (unpaired) electrons. The maximum absolute atomic E-state index is 2.35. The SMILES string of the molecule is C.C.C.CC(C)C1(C(C)C)CC1.CC(C)C1CC1C(C)C. The molecule has 0 aromatic heterocycles. The molecule has 0 N–H and O–H groups in total. The van der Waals surface area contributed by atoms with Gasteiger partial charge < -0.3 is 0 Å². The summed E-state index contributed by atoms with van der Waals surface area (Å²) in [6.45, 7) is 18.8. The molecule has 0 amide bonds. The molecular weight excluding hydrogens is 252 g/mol. The van der Waals surface area contributed by atoms with Gasteiger partial charge in [-0.15, -0.1) is 0 Å². The average molecular weight is 301 g/mol. The van der Waals surface area contributed by atoms with Crippen LogP contribution in [0.1, 0.15) is 96.9 Å². The first-order chi connectivity index (χ1) is 8.22. The van der Waals surface area contributed by atoms with Crippen molar-refractivity contribution in [3.8, 4) is 0 Å².